The maximum absolute atomic E-state index is 11.4. The van der Waals surface area contributed by atoms with Crippen molar-refractivity contribution >= 4 is 33.5 Å². The van der Waals surface area contributed by atoms with E-state index in [1.54, 1.807) is 0 Å². The van der Waals surface area contributed by atoms with Crippen LogP contribution in [0.2, 0.25) is 5.02 Å². The first-order chi connectivity index (χ1) is 7.63. The lowest BCUT2D eigenvalue weighted by Crippen LogP contribution is -2.03. The summed E-state index contributed by atoms with van der Waals surface area (Å²) < 4.78 is 39.1. The molecule has 0 bridgehead atoms. The van der Waals surface area contributed by atoms with Gasteiger partial charge in [0.1, 0.15) is 10.3 Å². The van der Waals surface area contributed by atoms with Crippen LogP contribution >= 0.6 is 27.5 Å². The van der Waals surface area contributed by atoms with Crippen molar-refractivity contribution in [3.8, 4) is 0 Å². The Morgan fingerprint density at radius 1 is 1.92 bits per heavy atom. The highest BCUT2D eigenvalue weighted by atomic mass is 79.9. The zero-order valence-corrected chi connectivity index (χ0v) is 7.86. The van der Waals surface area contributed by atoms with Crippen molar-refractivity contribution in [3.63, 3.8) is 0 Å². The van der Waals surface area contributed by atoms with Gasteiger partial charge < -0.3 is 4.74 Å². The minimum absolute atomic E-state index is 0.0299. The van der Waals surface area contributed by atoms with E-state index in [2.05, 4.69) is 25.7 Å². The zero-order valence-electron chi connectivity index (χ0n) is 10.5. The van der Waals surface area contributed by atoms with Gasteiger partial charge in [0.2, 0.25) is 0 Å². The molecule has 0 N–H and O–H groups in total. The molecule has 0 radical (unpaired) electrons. The van der Waals surface area contributed by atoms with Gasteiger partial charge >= 0.3 is 5.97 Å². The second-order valence-electron chi connectivity index (χ2n) is 1.70. The summed E-state index contributed by atoms with van der Waals surface area (Å²) in [4.78, 5) is 15.0. The van der Waals surface area contributed by atoms with Crippen LogP contribution in [0.1, 0.15) is 17.3 Å². The topological polar surface area (TPSA) is 39.2 Å². The average Bonchev–Trinajstić information content (AvgIpc) is 2.17. The average molecular weight is 256 g/mol. The quantitative estimate of drug-likeness (QED) is 0.571. The molecule has 0 aromatic carbocycles. The summed E-state index contributed by atoms with van der Waals surface area (Å²) in [6.45, 7) is 0. The maximum Gasteiger partial charge on any atom is 0.356 e. The first kappa shape index (κ1) is 4.58. The molecule has 0 saturated carbocycles. The molecule has 0 saturated heterocycles. The number of nitrogens with zero attached hydrogens (tertiary/aromatic N) is 1. The predicted molar refractivity (Wildman–Crippen MR) is 48.3 cm³/mol. The number of methoxy groups -OCH3 is 1. The first-order valence-electron chi connectivity index (χ1n) is 5.19. The maximum atomic E-state index is 11.4. The van der Waals surface area contributed by atoms with Crippen molar-refractivity contribution < 1.29 is 16.4 Å². The molecule has 5 heteroatoms. The summed E-state index contributed by atoms with van der Waals surface area (Å²) in [5, 5.41) is -0.138. The Hall–Kier alpha value is -0.610. The van der Waals surface area contributed by atoms with Gasteiger partial charge in [0.05, 0.1) is 18.9 Å². The van der Waals surface area contributed by atoms with Crippen LogP contribution in [0.3, 0.4) is 0 Å². The van der Waals surface area contributed by atoms with Gasteiger partial charge in [0, 0.05) is 0 Å². The molecule has 1 rings (SSSR count). The predicted octanol–water partition coefficient (Wildman–Crippen LogP) is 2.28. The molecule has 1 aromatic rings. The largest absolute Gasteiger partial charge is 0.464 e. The first-order valence-corrected chi connectivity index (χ1v) is 3.86. The molecule has 0 aliphatic rings. The van der Waals surface area contributed by atoms with E-state index < -0.39 is 30.8 Å². The molecule has 0 amide bonds. The number of esters is 1. The third kappa shape index (κ3) is 1.95. The Morgan fingerprint density at radius 3 is 3.33 bits per heavy atom. The fourth-order valence-electron chi connectivity index (χ4n) is 0.486. The van der Waals surface area contributed by atoms with Crippen LogP contribution in [0.25, 0.3) is 0 Å². The molecule has 0 atom stereocenters. The third-order valence-corrected chi connectivity index (χ3v) is 2.04. The highest BCUT2D eigenvalue weighted by molar-refractivity contribution is 9.10. The van der Waals surface area contributed by atoms with E-state index in [1.807, 2.05) is 0 Å². The lowest BCUT2D eigenvalue weighted by atomic mass is 10.3. The standard InChI is InChI=1S/C7H5BrClNO2/c1-12-7(11)5-3-2-4(9)6(8)10-5/h2-3H,1H3/i1D3,2D,3D. The van der Waals surface area contributed by atoms with Gasteiger partial charge in [-0.2, -0.15) is 0 Å². The Morgan fingerprint density at radius 2 is 2.67 bits per heavy atom. The third-order valence-electron chi connectivity index (χ3n) is 0.968. The normalized spacial score (nSPS) is 16.7. The molecule has 12 heavy (non-hydrogen) atoms. The smallest absolute Gasteiger partial charge is 0.356 e. The fraction of sp³-hybridized carbons (Fsp3) is 0.143. The van der Waals surface area contributed by atoms with Crippen molar-refractivity contribution in [3.05, 3.63) is 27.4 Å². The van der Waals surface area contributed by atoms with E-state index >= 15 is 0 Å². The van der Waals surface area contributed by atoms with Crippen LogP contribution in [0.15, 0.2) is 16.7 Å². The minimum Gasteiger partial charge on any atom is -0.464 e. The Bertz CT molecular complexity index is 478. The molecule has 0 aliphatic carbocycles. The van der Waals surface area contributed by atoms with Crippen LogP contribution < -0.4 is 0 Å². The van der Waals surface area contributed by atoms with E-state index in [-0.39, 0.29) is 9.63 Å². The molecule has 3 nitrogen and oxygen atoms in total. The monoisotopic (exact) mass is 254 g/mol. The Kier molecular flexibility index (Phi) is 1.48. The highest BCUT2D eigenvalue weighted by Gasteiger charge is 2.08. The van der Waals surface area contributed by atoms with Crippen molar-refractivity contribution in [2.45, 2.75) is 0 Å². The van der Waals surface area contributed by atoms with Crippen LogP contribution in [0, 0.1) is 0 Å². The lowest BCUT2D eigenvalue weighted by Gasteiger charge is -1.99. The second-order valence-corrected chi connectivity index (χ2v) is 2.83. The summed E-state index contributed by atoms with van der Waals surface area (Å²) in [5.74, 6) is -1.30. The number of rotatable bonds is 1. The van der Waals surface area contributed by atoms with Crippen LogP contribution in [0.4, 0.5) is 0 Å². The van der Waals surface area contributed by atoms with E-state index in [1.165, 1.54) is 0 Å². The van der Waals surface area contributed by atoms with Gasteiger partial charge in [-0.1, -0.05) is 11.6 Å². The molecule has 0 spiro atoms. The Balaban J connectivity index is 3.20. The summed E-state index contributed by atoms with van der Waals surface area (Å²) in [6, 6.07) is -1.03. The minimum atomic E-state index is -2.93. The van der Waals surface area contributed by atoms with Gasteiger partial charge in [-0.3, -0.25) is 0 Å². The van der Waals surface area contributed by atoms with E-state index in [4.69, 9.17) is 18.5 Å². The molecule has 1 aromatic heterocycles. The number of carbonyl (C=O) groups is 1. The van der Waals surface area contributed by atoms with Crippen LogP contribution in [0.5, 0.6) is 0 Å². The molecule has 1 heterocycles. The number of halogens is 2. The zero-order chi connectivity index (χ0) is 13.4. The van der Waals surface area contributed by atoms with E-state index in [0.29, 0.717) is 0 Å². The van der Waals surface area contributed by atoms with Crippen LogP contribution in [-0.2, 0) is 4.74 Å². The molecular formula is C7H5BrClNO2. The molecule has 0 aliphatic heterocycles. The van der Waals surface area contributed by atoms with Crippen LogP contribution in [-0.4, -0.2) is 18.0 Å². The lowest BCUT2D eigenvalue weighted by molar-refractivity contribution is 0.0594. The van der Waals surface area contributed by atoms with Crippen molar-refractivity contribution in [2.24, 2.45) is 0 Å². The molecule has 0 unspecified atom stereocenters. The number of ether oxygens (including phenoxy) is 1. The van der Waals surface area contributed by atoms with Gasteiger partial charge in [-0.25, -0.2) is 9.78 Å². The van der Waals surface area contributed by atoms with Gasteiger partial charge in [-0.05, 0) is 28.0 Å². The fourth-order valence-corrected chi connectivity index (χ4v) is 0.852. The number of hydrogen-bond donors (Lipinski definition) is 0. The van der Waals surface area contributed by atoms with E-state index in [0.717, 1.165) is 0 Å². The van der Waals surface area contributed by atoms with Crippen molar-refractivity contribution in [1.82, 2.24) is 4.98 Å². The van der Waals surface area contributed by atoms with Gasteiger partial charge in [-0.15, -0.1) is 0 Å². The van der Waals surface area contributed by atoms with Crippen molar-refractivity contribution in [2.75, 3.05) is 7.04 Å². The summed E-state index contributed by atoms with van der Waals surface area (Å²) in [5.41, 5.74) is -0.581. The van der Waals surface area contributed by atoms with Gasteiger partial charge in [0.15, 0.2) is 0 Å². The number of carbonyl (C=O) groups excluding carboxylic acids is 1. The number of aromatic nitrogens is 1. The summed E-state index contributed by atoms with van der Waals surface area (Å²) >= 11 is 8.50. The Labute approximate surface area is 89.9 Å². The van der Waals surface area contributed by atoms with E-state index in [9.17, 15) is 4.79 Å². The second kappa shape index (κ2) is 3.87. The summed E-state index contributed by atoms with van der Waals surface area (Å²) in [6.07, 6.45) is 0. The number of pyridine rings is 1. The summed E-state index contributed by atoms with van der Waals surface area (Å²) in [7, 11) is -2.93. The SMILES string of the molecule is [2H]c1c(C(=O)OC([2H])([2H])[2H])nc(Br)c(Cl)c1[2H]. The van der Waals surface area contributed by atoms with Crippen molar-refractivity contribution in [1.29, 1.82) is 0 Å². The van der Waals surface area contributed by atoms with Gasteiger partial charge in [0.25, 0.3) is 0 Å². The molecular weight excluding hydrogens is 245 g/mol. The molecule has 0 fully saturated rings. The molecule has 64 valence electrons. The highest BCUT2D eigenvalue weighted by Crippen LogP contribution is 2.19. The number of hydrogen-bond acceptors (Lipinski definition) is 3.